The normalized spacial score (nSPS) is 23.0. The summed E-state index contributed by atoms with van der Waals surface area (Å²) in [6.07, 6.45) is 1.07. The number of fused-ring (bicyclic) bond motifs is 2. The van der Waals surface area contributed by atoms with Crippen LogP contribution in [0, 0.1) is 20.8 Å². The van der Waals surface area contributed by atoms with Crippen LogP contribution in [0.15, 0.2) is 12.3 Å². The van der Waals surface area contributed by atoms with E-state index in [4.69, 9.17) is 9.72 Å². The summed E-state index contributed by atoms with van der Waals surface area (Å²) in [7, 11) is 0. The lowest BCUT2D eigenvalue weighted by atomic mass is 10.1. The van der Waals surface area contributed by atoms with Gasteiger partial charge in [-0.25, -0.2) is 15.0 Å². The van der Waals surface area contributed by atoms with E-state index in [2.05, 4.69) is 40.6 Å². The molecule has 4 heterocycles. The molecule has 126 valence electrons. The largest absolute Gasteiger partial charge is 0.441 e. The molecule has 4 rings (SSSR count). The predicted octanol–water partition coefficient (Wildman–Crippen LogP) is 2.41. The maximum absolute atomic E-state index is 6.08. The zero-order valence-corrected chi connectivity index (χ0v) is 14.7. The van der Waals surface area contributed by atoms with Crippen LogP contribution in [0.4, 0.5) is 5.82 Å². The summed E-state index contributed by atoms with van der Waals surface area (Å²) in [4.78, 5) is 16.4. The minimum absolute atomic E-state index is 0.0557. The number of hydrogen-bond donors (Lipinski definition) is 1. The molecule has 1 saturated heterocycles. The third-order valence-electron chi connectivity index (χ3n) is 5.14. The monoisotopic (exact) mass is 325 g/mol. The molecule has 2 aliphatic heterocycles. The standard InChI is InChI=1S/C18H23N5O/c1-6-13-8-23-14(7-19-13)11(4)24-18-15-16(9(2)10(3)20-18)21-12(5)22-17(15)23/h13-14,19H,4,6-8H2,1-3,5H3/t13-,14+/m1/s1. The number of nitrogens with one attached hydrogen (secondary N) is 1. The van der Waals surface area contributed by atoms with Crippen LogP contribution in [0.3, 0.4) is 0 Å². The Kier molecular flexibility index (Phi) is 3.46. The highest BCUT2D eigenvalue weighted by molar-refractivity contribution is 5.97. The molecule has 2 atom stereocenters. The molecule has 1 fully saturated rings. The molecule has 0 saturated carbocycles. The number of aryl methyl sites for hydroxylation is 3. The lowest BCUT2D eigenvalue weighted by Gasteiger charge is -2.40. The summed E-state index contributed by atoms with van der Waals surface area (Å²) in [6.45, 7) is 14.0. The van der Waals surface area contributed by atoms with Crippen molar-refractivity contribution in [2.24, 2.45) is 0 Å². The summed E-state index contributed by atoms with van der Waals surface area (Å²) in [6, 6.07) is 0.487. The van der Waals surface area contributed by atoms with Crippen LogP contribution in [0.1, 0.15) is 30.4 Å². The first-order chi connectivity index (χ1) is 11.5. The fourth-order valence-electron chi connectivity index (χ4n) is 3.58. The van der Waals surface area contributed by atoms with E-state index < -0.39 is 0 Å². The Morgan fingerprint density at radius 1 is 1.25 bits per heavy atom. The molecule has 1 N–H and O–H groups in total. The smallest absolute Gasteiger partial charge is 0.232 e. The van der Waals surface area contributed by atoms with E-state index in [0.29, 0.717) is 17.7 Å². The van der Waals surface area contributed by atoms with Crippen molar-refractivity contribution in [2.45, 2.75) is 46.2 Å². The Labute approximate surface area is 142 Å². The highest BCUT2D eigenvalue weighted by Gasteiger charge is 2.36. The van der Waals surface area contributed by atoms with Gasteiger partial charge in [-0.2, -0.15) is 0 Å². The molecule has 6 heteroatoms. The van der Waals surface area contributed by atoms with Gasteiger partial charge in [-0.05, 0) is 32.8 Å². The number of nitrogens with zero attached hydrogens (tertiary/aromatic N) is 4. The molecule has 24 heavy (non-hydrogen) atoms. The number of anilines is 1. The fourth-order valence-corrected chi connectivity index (χ4v) is 3.58. The molecule has 0 radical (unpaired) electrons. The van der Waals surface area contributed by atoms with Crippen LogP contribution in [-0.4, -0.2) is 40.1 Å². The van der Waals surface area contributed by atoms with Crippen LogP contribution in [0.2, 0.25) is 0 Å². The maximum atomic E-state index is 6.08. The average molecular weight is 325 g/mol. The molecule has 0 amide bonds. The van der Waals surface area contributed by atoms with Gasteiger partial charge in [-0.1, -0.05) is 13.5 Å². The maximum Gasteiger partial charge on any atom is 0.232 e. The molecule has 2 aromatic heterocycles. The molecule has 6 nitrogen and oxygen atoms in total. The first kappa shape index (κ1) is 15.3. The van der Waals surface area contributed by atoms with Crippen LogP contribution < -0.4 is 15.0 Å². The number of aromatic nitrogens is 3. The van der Waals surface area contributed by atoms with Crippen molar-refractivity contribution in [3.8, 4) is 5.88 Å². The second kappa shape index (κ2) is 5.41. The highest BCUT2D eigenvalue weighted by Crippen LogP contribution is 2.39. The van der Waals surface area contributed by atoms with Crippen LogP contribution in [0.5, 0.6) is 5.88 Å². The highest BCUT2D eigenvalue weighted by atomic mass is 16.5. The molecule has 0 spiro atoms. The molecule has 0 bridgehead atoms. The third kappa shape index (κ3) is 2.17. The van der Waals surface area contributed by atoms with Crippen molar-refractivity contribution in [3.63, 3.8) is 0 Å². The fraction of sp³-hybridized carbons (Fsp3) is 0.500. The lowest BCUT2D eigenvalue weighted by Crippen LogP contribution is -2.57. The Hall–Kier alpha value is -2.21. The predicted molar refractivity (Wildman–Crippen MR) is 94.5 cm³/mol. The first-order valence-corrected chi connectivity index (χ1v) is 8.51. The van der Waals surface area contributed by atoms with Crippen molar-refractivity contribution < 1.29 is 4.74 Å². The van der Waals surface area contributed by atoms with Gasteiger partial charge >= 0.3 is 0 Å². The van der Waals surface area contributed by atoms with Gasteiger partial charge in [0.15, 0.2) is 0 Å². The Bertz CT molecular complexity index is 847. The topological polar surface area (TPSA) is 63.2 Å². The molecule has 0 aliphatic carbocycles. The number of piperazine rings is 1. The van der Waals surface area contributed by atoms with Gasteiger partial charge < -0.3 is 15.0 Å². The Morgan fingerprint density at radius 3 is 2.79 bits per heavy atom. The zero-order valence-electron chi connectivity index (χ0n) is 14.7. The summed E-state index contributed by atoms with van der Waals surface area (Å²) < 4.78 is 6.08. The van der Waals surface area contributed by atoms with E-state index in [9.17, 15) is 0 Å². The van der Waals surface area contributed by atoms with Gasteiger partial charge in [0.05, 0.1) is 5.52 Å². The van der Waals surface area contributed by atoms with Gasteiger partial charge in [0.2, 0.25) is 5.88 Å². The Balaban J connectivity index is 2.01. The lowest BCUT2D eigenvalue weighted by molar-refractivity contribution is 0.327. The molecular formula is C18H23N5O. The summed E-state index contributed by atoms with van der Waals surface area (Å²) in [5.41, 5.74) is 2.94. The summed E-state index contributed by atoms with van der Waals surface area (Å²) in [5.74, 6) is 2.99. The minimum Gasteiger partial charge on any atom is -0.441 e. The second-order valence-electron chi connectivity index (χ2n) is 6.70. The third-order valence-corrected chi connectivity index (χ3v) is 5.14. The number of hydrogen-bond acceptors (Lipinski definition) is 6. The van der Waals surface area contributed by atoms with Gasteiger partial charge in [0.25, 0.3) is 0 Å². The van der Waals surface area contributed by atoms with Crippen LogP contribution in [0.25, 0.3) is 10.9 Å². The molecule has 2 aromatic rings. The van der Waals surface area contributed by atoms with E-state index in [1.54, 1.807) is 0 Å². The number of ether oxygens (including phenoxy) is 1. The summed E-state index contributed by atoms with van der Waals surface area (Å²) in [5, 5.41) is 4.48. The molecule has 2 aliphatic rings. The van der Waals surface area contributed by atoms with E-state index in [1.807, 2.05) is 13.8 Å². The van der Waals surface area contributed by atoms with E-state index in [-0.39, 0.29) is 6.04 Å². The minimum atomic E-state index is 0.0557. The van der Waals surface area contributed by atoms with Crippen molar-refractivity contribution >= 4 is 16.7 Å². The summed E-state index contributed by atoms with van der Waals surface area (Å²) >= 11 is 0. The van der Waals surface area contributed by atoms with Gasteiger partial charge in [0.1, 0.15) is 28.8 Å². The van der Waals surface area contributed by atoms with Crippen molar-refractivity contribution in [2.75, 3.05) is 18.0 Å². The zero-order chi connectivity index (χ0) is 17.0. The number of rotatable bonds is 1. The quantitative estimate of drug-likeness (QED) is 0.869. The molecular weight excluding hydrogens is 302 g/mol. The number of pyridine rings is 1. The SMILES string of the molecule is C=C1Oc2nc(C)c(C)c3nc(C)nc(c23)N2C[C@@H](CC)NC[C@@H]12. The van der Waals surface area contributed by atoms with Crippen LogP contribution >= 0.6 is 0 Å². The first-order valence-electron chi connectivity index (χ1n) is 8.51. The molecule has 0 aromatic carbocycles. The van der Waals surface area contributed by atoms with Gasteiger partial charge in [-0.15, -0.1) is 0 Å². The van der Waals surface area contributed by atoms with E-state index in [1.165, 1.54) is 0 Å². The van der Waals surface area contributed by atoms with Crippen molar-refractivity contribution in [1.82, 2.24) is 20.3 Å². The molecule has 0 unspecified atom stereocenters. The van der Waals surface area contributed by atoms with Crippen molar-refractivity contribution in [3.05, 3.63) is 29.4 Å². The van der Waals surface area contributed by atoms with Crippen LogP contribution in [-0.2, 0) is 0 Å². The average Bonchev–Trinajstić information content (AvgIpc) is 2.68. The van der Waals surface area contributed by atoms with Gasteiger partial charge in [-0.3, -0.25) is 0 Å². The Morgan fingerprint density at radius 2 is 2.04 bits per heavy atom. The van der Waals surface area contributed by atoms with Crippen molar-refractivity contribution in [1.29, 1.82) is 0 Å². The van der Waals surface area contributed by atoms with E-state index in [0.717, 1.165) is 53.3 Å². The van der Waals surface area contributed by atoms with Gasteiger partial charge in [0, 0.05) is 24.8 Å². The van der Waals surface area contributed by atoms with E-state index >= 15 is 0 Å². The second-order valence-corrected chi connectivity index (χ2v) is 6.70.